The van der Waals surface area contributed by atoms with Gasteiger partial charge in [-0.3, -0.25) is 4.79 Å². The first-order valence-corrected chi connectivity index (χ1v) is 5.09. The van der Waals surface area contributed by atoms with Crippen LogP contribution in [0.5, 0.6) is 0 Å². The molecule has 0 aliphatic carbocycles. The van der Waals surface area contributed by atoms with Crippen molar-refractivity contribution in [1.29, 1.82) is 0 Å². The molecule has 0 N–H and O–H groups in total. The van der Waals surface area contributed by atoms with Gasteiger partial charge in [0.2, 0.25) is 0 Å². The number of fused-ring (bicyclic) bond motifs is 1. The summed E-state index contributed by atoms with van der Waals surface area (Å²) in [6.45, 7) is 4.08. The molecule has 2 rings (SSSR count). The number of benzene rings is 1. The van der Waals surface area contributed by atoms with Crippen molar-refractivity contribution in [2.75, 3.05) is 0 Å². The molecule has 0 atom stereocenters. The first kappa shape index (κ1) is 9.90. The van der Waals surface area contributed by atoms with Gasteiger partial charge in [-0.25, -0.2) is 4.98 Å². The Balaban J connectivity index is 2.96. The summed E-state index contributed by atoms with van der Waals surface area (Å²) < 4.78 is 1.52. The molecule has 2 aromatic rings. The maximum Gasteiger partial charge on any atom is 0.261 e. The summed E-state index contributed by atoms with van der Waals surface area (Å²) in [4.78, 5) is 16.2. The van der Waals surface area contributed by atoms with Gasteiger partial charge in [-0.15, -0.1) is 0 Å². The minimum absolute atomic E-state index is 0.0350. The van der Waals surface area contributed by atoms with Gasteiger partial charge in [-0.2, -0.15) is 0 Å². The Kier molecular flexibility index (Phi) is 2.31. The quantitative estimate of drug-likeness (QED) is 0.706. The molecule has 0 aliphatic heterocycles. The first-order chi connectivity index (χ1) is 7.15. The Labute approximate surface area is 88.4 Å². The highest BCUT2D eigenvalue weighted by Gasteiger charge is 2.07. The van der Waals surface area contributed by atoms with Crippen molar-refractivity contribution in [3.63, 3.8) is 0 Å². The van der Waals surface area contributed by atoms with E-state index in [-0.39, 0.29) is 5.56 Å². The number of aromatic nitrogens is 2. The van der Waals surface area contributed by atoms with Gasteiger partial charge in [0.1, 0.15) is 0 Å². The van der Waals surface area contributed by atoms with E-state index in [9.17, 15) is 4.79 Å². The van der Waals surface area contributed by atoms with Crippen LogP contribution in [0.1, 0.15) is 18.1 Å². The van der Waals surface area contributed by atoms with Gasteiger partial charge in [0.05, 0.1) is 17.2 Å². The Morgan fingerprint density at radius 1 is 1.40 bits per heavy atom. The van der Waals surface area contributed by atoms with Crippen molar-refractivity contribution in [2.24, 2.45) is 7.05 Å². The molecule has 3 heteroatoms. The summed E-state index contributed by atoms with van der Waals surface area (Å²) in [6, 6.07) is 3.96. The lowest BCUT2D eigenvalue weighted by Gasteiger charge is -2.07. The number of hydrogen-bond donors (Lipinski definition) is 0. The smallest absolute Gasteiger partial charge is 0.261 e. The van der Waals surface area contributed by atoms with Crippen molar-refractivity contribution < 1.29 is 0 Å². The molecule has 0 fully saturated rings. The molecular weight excluding hydrogens is 188 g/mol. The van der Waals surface area contributed by atoms with Crippen molar-refractivity contribution in [3.05, 3.63) is 39.9 Å². The molecule has 15 heavy (non-hydrogen) atoms. The molecule has 0 saturated carbocycles. The topological polar surface area (TPSA) is 34.9 Å². The second-order valence-corrected chi connectivity index (χ2v) is 3.76. The van der Waals surface area contributed by atoms with E-state index in [2.05, 4.69) is 11.9 Å². The van der Waals surface area contributed by atoms with Crippen LogP contribution in [0.25, 0.3) is 10.9 Å². The molecule has 3 nitrogen and oxygen atoms in total. The van der Waals surface area contributed by atoms with Crippen LogP contribution in [-0.4, -0.2) is 9.55 Å². The minimum Gasteiger partial charge on any atom is -0.302 e. The summed E-state index contributed by atoms with van der Waals surface area (Å²) in [5.74, 6) is 0. The van der Waals surface area contributed by atoms with Crippen LogP contribution in [0.15, 0.2) is 23.3 Å². The number of rotatable bonds is 1. The fraction of sp³-hybridized carbons (Fsp3) is 0.333. The van der Waals surface area contributed by atoms with Crippen molar-refractivity contribution >= 4 is 10.9 Å². The third-order valence-electron chi connectivity index (χ3n) is 2.84. The van der Waals surface area contributed by atoms with Crippen LogP contribution in [0.3, 0.4) is 0 Å². The van der Waals surface area contributed by atoms with Crippen molar-refractivity contribution in [3.8, 4) is 0 Å². The van der Waals surface area contributed by atoms with Crippen molar-refractivity contribution in [1.82, 2.24) is 9.55 Å². The van der Waals surface area contributed by atoms with Crippen LogP contribution in [-0.2, 0) is 13.5 Å². The Morgan fingerprint density at radius 2 is 2.13 bits per heavy atom. The lowest BCUT2D eigenvalue weighted by molar-refractivity contribution is 0.841. The van der Waals surface area contributed by atoms with Crippen LogP contribution in [0, 0.1) is 6.92 Å². The summed E-state index contributed by atoms with van der Waals surface area (Å²) in [6.07, 6.45) is 2.51. The molecule has 0 bridgehead atoms. The highest BCUT2D eigenvalue weighted by molar-refractivity contribution is 5.82. The Hall–Kier alpha value is -1.64. The standard InChI is InChI=1S/C12H14N2O/c1-4-9-5-6-10-11(8(9)2)12(15)14(3)7-13-10/h5-7H,4H2,1-3H3. The summed E-state index contributed by atoms with van der Waals surface area (Å²) in [5, 5.41) is 0.749. The van der Waals surface area contributed by atoms with Gasteiger partial charge in [0, 0.05) is 7.05 Å². The van der Waals surface area contributed by atoms with Gasteiger partial charge >= 0.3 is 0 Å². The average Bonchev–Trinajstić information content (AvgIpc) is 2.24. The van der Waals surface area contributed by atoms with E-state index in [4.69, 9.17) is 0 Å². The third kappa shape index (κ3) is 1.44. The molecule has 0 amide bonds. The first-order valence-electron chi connectivity index (χ1n) is 5.09. The van der Waals surface area contributed by atoms with Crippen LogP contribution in [0.2, 0.25) is 0 Å². The Morgan fingerprint density at radius 3 is 2.80 bits per heavy atom. The molecule has 0 saturated heterocycles. The van der Waals surface area contributed by atoms with E-state index in [1.54, 1.807) is 13.4 Å². The van der Waals surface area contributed by atoms with Gasteiger partial charge in [-0.05, 0) is 30.5 Å². The molecule has 0 aliphatic rings. The zero-order valence-corrected chi connectivity index (χ0v) is 9.24. The molecule has 1 aromatic carbocycles. The zero-order valence-electron chi connectivity index (χ0n) is 9.24. The zero-order chi connectivity index (χ0) is 11.0. The van der Waals surface area contributed by atoms with Crippen LogP contribution in [0.4, 0.5) is 0 Å². The summed E-state index contributed by atoms with van der Waals surface area (Å²) in [7, 11) is 1.73. The molecule has 1 aromatic heterocycles. The SMILES string of the molecule is CCc1ccc2ncn(C)c(=O)c2c1C. The average molecular weight is 202 g/mol. The Bertz CT molecular complexity index is 570. The number of nitrogens with zero attached hydrogens (tertiary/aromatic N) is 2. The van der Waals surface area contributed by atoms with E-state index >= 15 is 0 Å². The second kappa shape index (κ2) is 3.50. The molecular formula is C12H14N2O. The van der Waals surface area contributed by atoms with E-state index in [0.717, 1.165) is 22.9 Å². The highest BCUT2D eigenvalue weighted by Crippen LogP contribution is 2.17. The normalized spacial score (nSPS) is 10.9. The van der Waals surface area contributed by atoms with Crippen molar-refractivity contribution in [2.45, 2.75) is 20.3 Å². The van der Waals surface area contributed by atoms with E-state index < -0.39 is 0 Å². The fourth-order valence-corrected chi connectivity index (χ4v) is 1.88. The minimum atomic E-state index is 0.0350. The second-order valence-electron chi connectivity index (χ2n) is 3.76. The van der Waals surface area contributed by atoms with Gasteiger partial charge in [-0.1, -0.05) is 13.0 Å². The summed E-state index contributed by atoms with van der Waals surface area (Å²) in [5.41, 5.74) is 3.09. The van der Waals surface area contributed by atoms with Crippen LogP contribution >= 0.6 is 0 Å². The van der Waals surface area contributed by atoms with Gasteiger partial charge < -0.3 is 4.57 Å². The lowest BCUT2D eigenvalue weighted by atomic mass is 10.0. The summed E-state index contributed by atoms with van der Waals surface area (Å²) >= 11 is 0. The molecule has 0 unspecified atom stereocenters. The maximum absolute atomic E-state index is 11.9. The van der Waals surface area contributed by atoms with Gasteiger partial charge in [0.15, 0.2) is 0 Å². The maximum atomic E-state index is 11.9. The monoisotopic (exact) mass is 202 g/mol. The molecule has 78 valence electrons. The third-order valence-corrected chi connectivity index (χ3v) is 2.84. The van der Waals surface area contributed by atoms with Crippen LogP contribution < -0.4 is 5.56 Å². The predicted octanol–water partition coefficient (Wildman–Crippen LogP) is 1.80. The van der Waals surface area contributed by atoms with E-state index in [1.807, 2.05) is 19.1 Å². The molecule has 1 heterocycles. The number of hydrogen-bond acceptors (Lipinski definition) is 2. The lowest BCUT2D eigenvalue weighted by Crippen LogP contribution is -2.18. The highest BCUT2D eigenvalue weighted by atomic mass is 16.1. The largest absolute Gasteiger partial charge is 0.302 e. The van der Waals surface area contributed by atoms with E-state index in [1.165, 1.54) is 10.1 Å². The molecule has 0 spiro atoms. The number of aryl methyl sites for hydroxylation is 3. The van der Waals surface area contributed by atoms with Gasteiger partial charge in [0.25, 0.3) is 5.56 Å². The predicted molar refractivity (Wildman–Crippen MR) is 61.1 cm³/mol. The van der Waals surface area contributed by atoms with E-state index in [0.29, 0.717) is 0 Å². The molecule has 0 radical (unpaired) electrons. The fourth-order valence-electron chi connectivity index (χ4n) is 1.88.